The molecule has 0 spiro atoms. The molecule has 6 nitrogen and oxygen atoms in total. The molecule has 0 atom stereocenters. The fraction of sp³-hybridized carbons (Fsp3) is 0.300. The highest BCUT2D eigenvalue weighted by molar-refractivity contribution is 5.74. The van der Waals surface area contributed by atoms with E-state index in [1.54, 1.807) is 10.7 Å². The molecule has 0 saturated carbocycles. The molecule has 2 aromatic rings. The number of nitrogens with one attached hydrogen (secondary N) is 1. The number of aryl methyl sites for hydroxylation is 1. The molecule has 1 N–H and O–H groups in total. The molecule has 0 aliphatic carbocycles. The largest absolute Gasteiger partial charge is 0.468 e. The number of anilines is 1. The van der Waals surface area contributed by atoms with Crippen LogP contribution in [0.15, 0.2) is 18.3 Å². The average molecular weight is 220 g/mol. The van der Waals surface area contributed by atoms with Crippen LogP contribution in [0.5, 0.6) is 0 Å². The summed E-state index contributed by atoms with van der Waals surface area (Å²) in [5.41, 5.74) is 1.80. The Labute approximate surface area is 92.2 Å². The van der Waals surface area contributed by atoms with Crippen molar-refractivity contribution in [3.05, 3.63) is 23.9 Å². The fourth-order valence-electron chi connectivity index (χ4n) is 1.34. The van der Waals surface area contributed by atoms with Gasteiger partial charge in [0.25, 0.3) is 0 Å². The average Bonchev–Trinajstić information content (AvgIpc) is 2.70. The van der Waals surface area contributed by atoms with E-state index in [0.29, 0.717) is 5.95 Å². The minimum atomic E-state index is -0.351. The van der Waals surface area contributed by atoms with Crippen molar-refractivity contribution in [3.8, 4) is 0 Å². The number of carbonyl (C=O) groups is 1. The number of aromatic nitrogens is 3. The maximum absolute atomic E-state index is 10.9. The lowest BCUT2D eigenvalue weighted by Gasteiger charge is -1.98. The lowest BCUT2D eigenvalue weighted by molar-refractivity contribution is -0.138. The predicted octanol–water partition coefficient (Wildman–Crippen LogP) is 0.623. The summed E-state index contributed by atoms with van der Waals surface area (Å²) >= 11 is 0. The number of hydrogen-bond donors (Lipinski definition) is 1. The molecule has 0 saturated heterocycles. The number of pyridine rings is 1. The van der Waals surface area contributed by atoms with Crippen LogP contribution in [0.2, 0.25) is 0 Å². The first kappa shape index (κ1) is 10.4. The number of hydrogen-bond acceptors (Lipinski definition) is 5. The Morgan fingerprint density at radius 1 is 1.62 bits per heavy atom. The highest BCUT2D eigenvalue weighted by atomic mass is 16.5. The third-order valence-corrected chi connectivity index (χ3v) is 2.18. The summed E-state index contributed by atoms with van der Waals surface area (Å²) in [4.78, 5) is 15.2. The van der Waals surface area contributed by atoms with Crippen molar-refractivity contribution in [2.45, 2.75) is 6.92 Å². The van der Waals surface area contributed by atoms with Gasteiger partial charge >= 0.3 is 5.97 Å². The maximum Gasteiger partial charge on any atom is 0.325 e. The van der Waals surface area contributed by atoms with Gasteiger partial charge in [-0.15, -0.1) is 5.10 Å². The molecule has 84 valence electrons. The number of esters is 1. The first-order valence-electron chi connectivity index (χ1n) is 4.83. The van der Waals surface area contributed by atoms with Crippen LogP contribution in [0.4, 0.5) is 5.95 Å². The van der Waals surface area contributed by atoms with Gasteiger partial charge in [-0.25, -0.2) is 4.52 Å². The summed E-state index contributed by atoms with van der Waals surface area (Å²) in [5.74, 6) is 0.0651. The van der Waals surface area contributed by atoms with Crippen LogP contribution < -0.4 is 5.32 Å². The van der Waals surface area contributed by atoms with Crippen LogP contribution in [0.3, 0.4) is 0 Å². The van der Waals surface area contributed by atoms with Gasteiger partial charge in [0, 0.05) is 6.20 Å². The predicted molar refractivity (Wildman–Crippen MR) is 58.2 cm³/mol. The van der Waals surface area contributed by atoms with Gasteiger partial charge in [-0.2, -0.15) is 4.98 Å². The number of rotatable bonds is 3. The van der Waals surface area contributed by atoms with Gasteiger partial charge in [-0.05, 0) is 18.6 Å². The third kappa shape index (κ3) is 1.95. The quantitative estimate of drug-likeness (QED) is 0.768. The minimum Gasteiger partial charge on any atom is -0.468 e. The second kappa shape index (κ2) is 4.18. The second-order valence-corrected chi connectivity index (χ2v) is 3.32. The van der Waals surface area contributed by atoms with Gasteiger partial charge in [0.1, 0.15) is 6.54 Å². The molecule has 2 aromatic heterocycles. The van der Waals surface area contributed by atoms with Crippen molar-refractivity contribution < 1.29 is 9.53 Å². The van der Waals surface area contributed by atoms with Crippen LogP contribution in [-0.2, 0) is 9.53 Å². The Morgan fingerprint density at radius 3 is 3.12 bits per heavy atom. The van der Waals surface area contributed by atoms with Crippen LogP contribution in [0.25, 0.3) is 5.65 Å². The Morgan fingerprint density at radius 2 is 2.44 bits per heavy atom. The molecule has 2 rings (SSSR count). The molecule has 0 fully saturated rings. The fourth-order valence-corrected chi connectivity index (χ4v) is 1.34. The van der Waals surface area contributed by atoms with Gasteiger partial charge in [0.05, 0.1) is 7.11 Å². The zero-order chi connectivity index (χ0) is 11.5. The molecule has 0 amide bonds. The number of carbonyl (C=O) groups excluding carboxylic acids is 1. The van der Waals surface area contributed by atoms with E-state index in [9.17, 15) is 4.79 Å². The number of fused-ring (bicyclic) bond motifs is 1. The van der Waals surface area contributed by atoms with Crippen molar-refractivity contribution in [2.75, 3.05) is 19.0 Å². The molecule has 0 aliphatic heterocycles. The normalized spacial score (nSPS) is 10.4. The van der Waals surface area contributed by atoms with E-state index < -0.39 is 0 Å². The molecule has 6 heteroatoms. The molecule has 0 unspecified atom stereocenters. The summed E-state index contributed by atoms with van der Waals surface area (Å²) in [6.45, 7) is 2.01. The van der Waals surface area contributed by atoms with Gasteiger partial charge in [0.2, 0.25) is 5.95 Å². The molecule has 2 heterocycles. The minimum absolute atomic E-state index is 0.0619. The van der Waals surface area contributed by atoms with E-state index in [2.05, 4.69) is 20.1 Å². The highest BCUT2D eigenvalue weighted by Crippen LogP contribution is 2.09. The Balaban J connectivity index is 2.20. The van der Waals surface area contributed by atoms with E-state index >= 15 is 0 Å². The summed E-state index contributed by atoms with van der Waals surface area (Å²) in [6.07, 6.45) is 1.80. The molecule has 16 heavy (non-hydrogen) atoms. The van der Waals surface area contributed by atoms with Crippen molar-refractivity contribution in [1.29, 1.82) is 0 Å². The lowest BCUT2D eigenvalue weighted by Crippen LogP contribution is -2.15. The van der Waals surface area contributed by atoms with E-state index in [4.69, 9.17) is 0 Å². The molecule has 0 radical (unpaired) electrons. The first-order chi connectivity index (χ1) is 7.70. The Kier molecular flexibility index (Phi) is 2.72. The van der Waals surface area contributed by atoms with Crippen LogP contribution in [0.1, 0.15) is 5.56 Å². The lowest BCUT2D eigenvalue weighted by atomic mass is 10.3. The van der Waals surface area contributed by atoms with Gasteiger partial charge in [-0.3, -0.25) is 4.79 Å². The van der Waals surface area contributed by atoms with Crippen molar-refractivity contribution in [2.24, 2.45) is 0 Å². The van der Waals surface area contributed by atoms with E-state index in [0.717, 1.165) is 11.2 Å². The maximum atomic E-state index is 10.9. The summed E-state index contributed by atoms with van der Waals surface area (Å²) in [7, 11) is 1.34. The van der Waals surface area contributed by atoms with Crippen molar-refractivity contribution >= 4 is 17.6 Å². The topological polar surface area (TPSA) is 68.5 Å². The van der Waals surface area contributed by atoms with Crippen molar-refractivity contribution in [3.63, 3.8) is 0 Å². The van der Waals surface area contributed by atoms with Gasteiger partial charge in [0.15, 0.2) is 5.65 Å². The summed E-state index contributed by atoms with van der Waals surface area (Å²) < 4.78 is 6.17. The van der Waals surface area contributed by atoms with Gasteiger partial charge < -0.3 is 10.1 Å². The molecular weight excluding hydrogens is 208 g/mol. The summed E-state index contributed by atoms with van der Waals surface area (Å²) in [5, 5.41) is 6.96. The number of methoxy groups -OCH3 is 1. The highest BCUT2D eigenvalue weighted by Gasteiger charge is 2.06. The monoisotopic (exact) mass is 220 g/mol. The van der Waals surface area contributed by atoms with E-state index in [-0.39, 0.29) is 12.5 Å². The van der Waals surface area contributed by atoms with Crippen LogP contribution in [0, 0.1) is 6.92 Å². The Hall–Kier alpha value is -2.11. The van der Waals surface area contributed by atoms with Crippen molar-refractivity contribution in [1.82, 2.24) is 14.6 Å². The molecule has 0 bridgehead atoms. The number of ether oxygens (including phenoxy) is 1. The molecular formula is C10H12N4O2. The zero-order valence-corrected chi connectivity index (χ0v) is 9.10. The Bertz CT molecular complexity index is 521. The SMILES string of the molecule is COC(=O)CNc1nc2c(C)cccn2n1. The first-order valence-corrected chi connectivity index (χ1v) is 4.83. The third-order valence-electron chi connectivity index (χ3n) is 2.18. The standard InChI is InChI=1S/C10H12N4O2/c1-7-4-3-5-14-9(7)12-10(13-14)11-6-8(15)16-2/h3-5H,6H2,1-2H3,(H,11,13). The van der Waals surface area contributed by atoms with E-state index in [1.807, 2.05) is 19.1 Å². The second-order valence-electron chi connectivity index (χ2n) is 3.32. The van der Waals surface area contributed by atoms with E-state index in [1.165, 1.54) is 7.11 Å². The zero-order valence-electron chi connectivity index (χ0n) is 9.10. The van der Waals surface area contributed by atoms with Crippen LogP contribution >= 0.6 is 0 Å². The van der Waals surface area contributed by atoms with Gasteiger partial charge in [-0.1, -0.05) is 6.07 Å². The molecule has 0 aliphatic rings. The smallest absolute Gasteiger partial charge is 0.325 e. The number of nitrogens with zero attached hydrogens (tertiary/aromatic N) is 3. The summed E-state index contributed by atoms with van der Waals surface area (Å²) in [6, 6.07) is 3.84. The molecule has 0 aromatic carbocycles. The van der Waals surface area contributed by atoms with Crippen LogP contribution in [-0.4, -0.2) is 34.2 Å².